The number of hydrogen-bond donors (Lipinski definition) is 0. The fourth-order valence-electron chi connectivity index (χ4n) is 7.90. The third-order valence-electron chi connectivity index (χ3n) is 9.96. The zero-order chi connectivity index (χ0) is 31.7. The molecule has 0 aliphatic heterocycles. The van der Waals surface area contributed by atoms with Gasteiger partial charge in [-0.2, -0.15) is 0 Å². The van der Waals surface area contributed by atoms with E-state index in [1.165, 1.54) is 54.2 Å². The minimum absolute atomic E-state index is 0.481. The summed E-state index contributed by atoms with van der Waals surface area (Å²) in [4.78, 5) is 10.7. The molecular weight excluding hydrogens is 601 g/mol. The van der Waals surface area contributed by atoms with Gasteiger partial charge in [-0.15, -0.1) is 11.3 Å². The van der Waals surface area contributed by atoms with Crippen LogP contribution in [0.4, 0.5) is 0 Å². The van der Waals surface area contributed by atoms with Gasteiger partial charge in [-0.1, -0.05) is 164 Å². The van der Waals surface area contributed by atoms with Gasteiger partial charge in [-0.05, 0) is 50.2 Å². The highest BCUT2D eigenvalue weighted by Crippen LogP contribution is 2.56. The van der Waals surface area contributed by atoms with Crippen molar-refractivity contribution in [2.45, 2.75) is 5.41 Å². The second kappa shape index (κ2) is 10.6. The van der Waals surface area contributed by atoms with Gasteiger partial charge >= 0.3 is 0 Å². The summed E-state index contributed by atoms with van der Waals surface area (Å²) in [5.74, 6) is 0.735. The summed E-state index contributed by atoms with van der Waals surface area (Å²) >= 11 is 1.80. The van der Waals surface area contributed by atoms with Crippen molar-refractivity contribution < 1.29 is 0 Å². The Balaban J connectivity index is 1.26. The zero-order valence-electron chi connectivity index (χ0n) is 26.0. The van der Waals surface area contributed by atoms with E-state index >= 15 is 0 Å². The summed E-state index contributed by atoms with van der Waals surface area (Å²) in [5.41, 5.74) is 11.2. The second-order valence-electron chi connectivity index (χ2n) is 12.5. The molecule has 2 heterocycles. The number of benzene rings is 7. The predicted octanol–water partition coefficient (Wildman–Crippen LogP) is 11.7. The molecule has 48 heavy (non-hydrogen) atoms. The summed E-state index contributed by atoms with van der Waals surface area (Å²) in [6, 6.07) is 61.2. The smallest absolute Gasteiger partial charge is 0.160 e. The largest absolute Gasteiger partial charge is 0.226 e. The minimum Gasteiger partial charge on any atom is -0.226 e. The zero-order valence-corrected chi connectivity index (χ0v) is 26.8. The first-order valence-corrected chi connectivity index (χ1v) is 17.2. The number of rotatable bonds is 4. The first-order valence-electron chi connectivity index (χ1n) is 16.3. The Kier molecular flexibility index (Phi) is 5.99. The maximum Gasteiger partial charge on any atom is 0.160 e. The molecule has 0 fully saturated rings. The van der Waals surface area contributed by atoms with Gasteiger partial charge in [-0.3, -0.25) is 0 Å². The van der Waals surface area contributed by atoms with Gasteiger partial charge in [0.25, 0.3) is 0 Å². The van der Waals surface area contributed by atoms with Crippen LogP contribution in [0.2, 0.25) is 0 Å². The van der Waals surface area contributed by atoms with Gasteiger partial charge < -0.3 is 0 Å². The topological polar surface area (TPSA) is 25.8 Å². The van der Waals surface area contributed by atoms with Crippen molar-refractivity contribution in [1.82, 2.24) is 9.97 Å². The fraction of sp³-hybridized carbons (Fsp3) is 0.0222. The van der Waals surface area contributed by atoms with E-state index in [2.05, 4.69) is 170 Å². The highest BCUT2D eigenvalue weighted by Gasteiger charge is 2.45. The van der Waals surface area contributed by atoms with Gasteiger partial charge in [0.2, 0.25) is 0 Å². The maximum atomic E-state index is 5.38. The van der Waals surface area contributed by atoms with E-state index < -0.39 is 5.41 Å². The Morgan fingerprint density at radius 2 is 1.06 bits per heavy atom. The van der Waals surface area contributed by atoms with Crippen LogP contribution in [0.5, 0.6) is 0 Å². The SMILES string of the molecule is c1ccc(-c2nc(-c3cccc(C4(c5ccccc5)c5ccccc5-c5ccccc54)c3)nc3c2sc2c4ccccc4ccc32)cc1. The molecule has 3 heteroatoms. The molecule has 0 unspecified atom stereocenters. The third-order valence-corrected chi connectivity index (χ3v) is 11.2. The van der Waals surface area contributed by atoms with E-state index in [0.29, 0.717) is 0 Å². The number of nitrogens with zero attached hydrogens (tertiary/aromatic N) is 2. The van der Waals surface area contributed by atoms with Crippen molar-refractivity contribution in [2.75, 3.05) is 0 Å². The summed E-state index contributed by atoms with van der Waals surface area (Å²) in [6.07, 6.45) is 0. The van der Waals surface area contributed by atoms with Crippen molar-refractivity contribution >= 4 is 42.4 Å². The van der Waals surface area contributed by atoms with Crippen LogP contribution in [0.15, 0.2) is 170 Å². The molecule has 0 saturated carbocycles. The normalized spacial score (nSPS) is 13.2. The Labute approximate surface area is 282 Å². The first-order chi connectivity index (χ1) is 23.8. The molecule has 0 spiro atoms. The molecule has 7 aromatic carbocycles. The third kappa shape index (κ3) is 3.86. The van der Waals surface area contributed by atoms with Crippen molar-refractivity contribution in [1.29, 1.82) is 0 Å². The molecule has 0 bridgehead atoms. The predicted molar refractivity (Wildman–Crippen MR) is 201 cm³/mol. The molecule has 0 radical (unpaired) electrons. The lowest BCUT2D eigenvalue weighted by molar-refractivity contribution is 0.768. The summed E-state index contributed by atoms with van der Waals surface area (Å²) in [5, 5.41) is 3.66. The number of hydrogen-bond acceptors (Lipinski definition) is 3. The van der Waals surface area contributed by atoms with Crippen LogP contribution in [-0.4, -0.2) is 9.97 Å². The Hall–Kier alpha value is -5.90. The van der Waals surface area contributed by atoms with Gasteiger partial charge in [0.05, 0.1) is 21.3 Å². The fourth-order valence-corrected chi connectivity index (χ4v) is 9.18. The van der Waals surface area contributed by atoms with Crippen molar-refractivity contribution in [3.05, 3.63) is 192 Å². The lowest BCUT2D eigenvalue weighted by Gasteiger charge is -2.34. The van der Waals surface area contributed by atoms with Crippen LogP contribution >= 0.6 is 11.3 Å². The van der Waals surface area contributed by atoms with Crippen LogP contribution in [-0.2, 0) is 5.41 Å². The molecule has 9 aromatic rings. The van der Waals surface area contributed by atoms with E-state index in [1.54, 1.807) is 11.3 Å². The monoisotopic (exact) mass is 628 g/mol. The van der Waals surface area contributed by atoms with Gasteiger partial charge in [-0.25, -0.2) is 9.97 Å². The Bertz CT molecular complexity index is 2630. The highest BCUT2D eigenvalue weighted by molar-refractivity contribution is 7.27. The molecule has 2 nitrogen and oxygen atoms in total. The second-order valence-corrected chi connectivity index (χ2v) is 13.5. The van der Waals surface area contributed by atoms with E-state index in [9.17, 15) is 0 Å². The average molecular weight is 629 g/mol. The van der Waals surface area contributed by atoms with Crippen LogP contribution in [0, 0.1) is 0 Å². The van der Waals surface area contributed by atoms with E-state index in [0.717, 1.165) is 32.9 Å². The molecule has 0 atom stereocenters. The van der Waals surface area contributed by atoms with E-state index in [4.69, 9.17) is 9.97 Å². The highest BCUT2D eigenvalue weighted by atomic mass is 32.1. The quantitative estimate of drug-likeness (QED) is 0.194. The van der Waals surface area contributed by atoms with E-state index in [1.807, 2.05) is 0 Å². The van der Waals surface area contributed by atoms with Crippen LogP contribution in [0.1, 0.15) is 22.3 Å². The van der Waals surface area contributed by atoms with Gasteiger partial charge in [0.15, 0.2) is 5.82 Å². The van der Waals surface area contributed by atoms with Gasteiger partial charge in [0, 0.05) is 21.2 Å². The maximum absolute atomic E-state index is 5.38. The molecule has 0 N–H and O–H groups in total. The lowest BCUT2D eigenvalue weighted by atomic mass is 9.67. The van der Waals surface area contributed by atoms with Crippen molar-refractivity contribution in [3.63, 3.8) is 0 Å². The summed E-state index contributed by atoms with van der Waals surface area (Å²) in [6.45, 7) is 0. The van der Waals surface area contributed by atoms with Gasteiger partial charge in [0.1, 0.15) is 0 Å². The first kappa shape index (κ1) is 27.2. The van der Waals surface area contributed by atoms with Crippen molar-refractivity contribution in [2.24, 2.45) is 0 Å². The van der Waals surface area contributed by atoms with Crippen LogP contribution in [0.25, 0.3) is 64.8 Å². The summed E-state index contributed by atoms with van der Waals surface area (Å²) < 4.78 is 2.37. The Morgan fingerprint density at radius 3 is 1.83 bits per heavy atom. The average Bonchev–Trinajstić information content (AvgIpc) is 3.70. The van der Waals surface area contributed by atoms with Crippen molar-refractivity contribution in [3.8, 4) is 33.8 Å². The number of thiophene rings is 1. The molecular formula is C45H28N2S. The Morgan fingerprint density at radius 1 is 0.438 bits per heavy atom. The molecule has 10 rings (SSSR count). The number of aromatic nitrogens is 2. The molecule has 0 saturated heterocycles. The summed E-state index contributed by atoms with van der Waals surface area (Å²) in [7, 11) is 0. The molecule has 1 aliphatic rings. The van der Waals surface area contributed by atoms with Crippen LogP contribution < -0.4 is 0 Å². The lowest BCUT2D eigenvalue weighted by Crippen LogP contribution is -2.28. The molecule has 224 valence electrons. The standard InChI is InChI=1S/C45H28N2S/c1-3-15-30(16-4-1)40-43-41(37-27-26-29-14-7-8-21-34(29)42(37)48-43)47-44(46-40)31-17-13-20-33(28-31)45(32-18-5-2-6-19-32)38-24-11-9-22-35(38)36-23-10-12-25-39(36)45/h1-28H. The van der Waals surface area contributed by atoms with Crippen LogP contribution in [0.3, 0.4) is 0 Å². The molecule has 2 aromatic heterocycles. The number of fused-ring (bicyclic) bond motifs is 8. The molecule has 1 aliphatic carbocycles. The molecule has 0 amide bonds. The van der Waals surface area contributed by atoms with E-state index in [-0.39, 0.29) is 0 Å². The minimum atomic E-state index is -0.481.